The number of H-pyrrole nitrogens is 1. The van der Waals surface area contributed by atoms with Crippen LogP contribution < -0.4 is 5.32 Å². The van der Waals surface area contributed by atoms with Crippen LogP contribution in [0.2, 0.25) is 0 Å². The summed E-state index contributed by atoms with van der Waals surface area (Å²) in [6.07, 6.45) is 3.36. The molecule has 8 heteroatoms. The van der Waals surface area contributed by atoms with Gasteiger partial charge in [-0.05, 0) is 36.6 Å². The topological polar surface area (TPSA) is 82.3 Å². The average Bonchev–Trinajstić information content (AvgIpc) is 3.39. The zero-order valence-electron chi connectivity index (χ0n) is 17.2. The molecule has 0 saturated heterocycles. The Morgan fingerprint density at radius 1 is 1.17 bits per heavy atom. The molecule has 2 heterocycles. The number of halogens is 1. The second kappa shape index (κ2) is 11.6. The van der Waals surface area contributed by atoms with E-state index >= 15 is 0 Å². The van der Waals surface area contributed by atoms with Crippen LogP contribution >= 0.6 is 24.0 Å². The van der Waals surface area contributed by atoms with Gasteiger partial charge in [0.15, 0.2) is 11.7 Å². The molecule has 7 nitrogen and oxygen atoms in total. The minimum absolute atomic E-state index is 0. The first-order valence-corrected chi connectivity index (χ1v) is 9.72. The summed E-state index contributed by atoms with van der Waals surface area (Å²) in [7, 11) is 2.05. The van der Waals surface area contributed by atoms with Crippen molar-refractivity contribution in [2.75, 3.05) is 20.1 Å². The van der Waals surface area contributed by atoms with E-state index in [-0.39, 0.29) is 24.0 Å². The lowest BCUT2D eigenvalue weighted by Gasteiger charge is -2.22. The maximum absolute atomic E-state index is 5.32. The third-order valence-electron chi connectivity index (χ3n) is 4.43. The molecule has 0 radical (unpaired) electrons. The molecular weight excluding hydrogens is 479 g/mol. The van der Waals surface area contributed by atoms with E-state index in [2.05, 4.69) is 70.6 Å². The molecule has 3 rings (SSSR count). The summed E-state index contributed by atoms with van der Waals surface area (Å²) in [5, 5.41) is 10.5. The van der Waals surface area contributed by atoms with Gasteiger partial charge in [0.05, 0.1) is 6.26 Å². The van der Waals surface area contributed by atoms with E-state index in [1.54, 1.807) is 6.26 Å². The van der Waals surface area contributed by atoms with Gasteiger partial charge in [0.1, 0.15) is 5.82 Å². The zero-order valence-corrected chi connectivity index (χ0v) is 19.5. The first-order chi connectivity index (χ1) is 13.7. The van der Waals surface area contributed by atoms with Crippen molar-refractivity contribution in [3.8, 4) is 11.6 Å². The second-order valence-electron chi connectivity index (χ2n) is 6.59. The largest absolute Gasteiger partial charge is 0.461 e. The minimum atomic E-state index is 0. The van der Waals surface area contributed by atoms with Crippen molar-refractivity contribution in [1.82, 2.24) is 25.4 Å². The van der Waals surface area contributed by atoms with Crippen molar-refractivity contribution in [2.24, 2.45) is 4.99 Å². The van der Waals surface area contributed by atoms with Crippen LogP contribution in [0.3, 0.4) is 0 Å². The summed E-state index contributed by atoms with van der Waals surface area (Å²) in [5.74, 6) is 2.91. The fourth-order valence-corrected chi connectivity index (χ4v) is 2.89. The molecule has 29 heavy (non-hydrogen) atoms. The number of hydrogen-bond donors (Lipinski definition) is 2. The van der Waals surface area contributed by atoms with Gasteiger partial charge in [-0.1, -0.05) is 31.2 Å². The molecule has 0 unspecified atom stereocenters. The summed E-state index contributed by atoms with van der Waals surface area (Å²) < 4.78 is 5.32. The van der Waals surface area contributed by atoms with E-state index in [9.17, 15) is 0 Å². The van der Waals surface area contributed by atoms with Crippen LogP contribution in [-0.2, 0) is 19.4 Å². The maximum Gasteiger partial charge on any atom is 0.216 e. The molecule has 0 aliphatic rings. The molecule has 0 amide bonds. The van der Waals surface area contributed by atoms with Gasteiger partial charge in [-0.2, -0.15) is 5.10 Å². The number of aromatic nitrogens is 3. The Kier molecular flexibility index (Phi) is 9.17. The number of hydrogen-bond acceptors (Lipinski definition) is 4. The highest BCUT2D eigenvalue weighted by Gasteiger charge is 2.09. The Morgan fingerprint density at radius 2 is 1.93 bits per heavy atom. The lowest BCUT2D eigenvalue weighted by Crippen LogP contribution is -2.38. The Labute approximate surface area is 189 Å². The van der Waals surface area contributed by atoms with Crippen molar-refractivity contribution < 1.29 is 4.42 Å². The molecule has 2 N–H and O–H groups in total. The predicted octanol–water partition coefficient (Wildman–Crippen LogP) is 3.89. The van der Waals surface area contributed by atoms with Crippen LogP contribution in [0, 0.1) is 0 Å². The summed E-state index contributed by atoms with van der Waals surface area (Å²) in [4.78, 5) is 11.3. The lowest BCUT2D eigenvalue weighted by molar-refractivity contribution is 0.477. The summed E-state index contributed by atoms with van der Waals surface area (Å²) in [6, 6.07) is 12.4. The molecule has 0 aliphatic heterocycles. The van der Waals surface area contributed by atoms with Gasteiger partial charge in [0.2, 0.25) is 5.82 Å². The second-order valence-corrected chi connectivity index (χ2v) is 6.59. The average molecular weight is 508 g/mol. The highest BCUT2D eigenvalue weighted by atomic mass is 127. The monoisotopic (exact) mass is 508 g/mol. The van der Waals surface area contributed by atoms with E-state index in [1.165, 1.54) is 11.1 Å². The van der Waals surface area contributed by atoms with E-state index in [4.69, 9.17) is 9.41 Å². The highest BCUT2D eigenvalue weighted by molar-refractivity contribution is 14.0. The van der Waals surface area contributed by atoms with E-state index < -0.39 is 0 Å². The Hall–Kier alpha value is -2.36. The van der Waals surface area contributed by atoms with Crippen LogP contribution in [0.1, 0.15) is 30.8 Å². The SMILES string of the molecule is CCNC(=NCCc1nc(-c2ccco2)n[nH]1)N(C)Cc1ccc(CC)cc1.I. The smallest absolute Gasteiger partial charge is 0.216 e. The molecule has 0 bridgehead atoms. The summed E-state index contributed by atoms with van der Waals surface area (Å²) >= 11 is 0. The standard InChI is InChI=1S/C21H28N6O.HI/c1-4-16-8-10-17(11-9-16)15-27(3)21(22-5-2)23-13-12-19-24-20(26-25-19)18-7-6-14-28-18;/h6-11,14H,4-5,12-13,15H2,1-3H3,(H,22,23)(H,24,25,26);1H. The number of guanidine groups is 1. The summed E-state index contributed by atoms with van der Waals surface area (Å²) in [5.41, 5.74) is 2.62. The van der Waals surface area contributed by atoms with Gasteiger partial charge >= 0.3 is 0 Å². The number of rotatable bonds is 8. The molecule has 1 aromatic carbocycles. The fraction of sp³-hybridized carbons (Fsp3) is 0.381. The molecule has 2 aromatic heterocycles. The van der Waals surface area contributed by atoms with Gasteiger partial charge in [0.25, 0.3) is 0 Å². The van der Waals surface area contributed by atoms with Crippen molar-refractivity contribution in [3.63, 3.8) is 0 Å². The van der Waals surface area contributed by atoms with Crippen molar-refractivity contribution in [3.05, 3.63) is 59.6 Å². The number of benzene rings is 1. The molecule has 3 aromatic rings. The third kappa shape index (κ3) is 6.59. The molecule has 0 atom stereocenters. The number of aromatic amines is 1. The van der Waals surface area contributed by atoms with Gasteiger partial charge in [-0.15, -0.1) is 24.0 Å². The zero-order chi connectivity index (χ0) is 19.8. The first-order valence-electron chi connectivity index (χ1n) is 9.72. The Morgan fingerprint density at radius 3 is 2.59 bits per heavy atom. The van der Waals surface area contributed by atoms with Crippen LogP contribution in [0.5, 0.6) is 0 Å². The Bertz CT molecular complexity index is 873. The minimum Gasteiger partial charge on any atom is -0.461 e. The predicted molar refractivity (Wildman–Crippen MR) is 126 cm³/mol. The fourth-order valence-electron chi connectivity index (χ4n) is 2.89. The molecule has 0 fully saturated rings. The molecule has 0 spiro atoms. The van der Waals surface area contributed by atoms with Crippen molar-refractivity contribution in [2.45, 2.75) is 33.2 Å². The van der Waals surface area contributed by atoms with Crippen LogP contribution in [0.25, 0.3) is 11.6 Å². The van der Waals surface area contributed by atoms with Crippen molar-refractivity contribution >= 4 is 29.9 Å². The highest BCUT2D eigenvalue weighted by Crippen LogP contribution is 2.14. The Balaban J connectivity index is 0.00000300. The van der Waals surface area contributed by atoms with E-state index in [0.29, 0.717) is 24.6 Å². The number of aliphatic imine (C=N–C) groups is 1. The first kappa shape index (κ1) is 22.9. The third-order valence-corrected chi connectivity index (χ3v) is 4.43. The van der Waals surface area contributed by atoms with Gasteiger partial charge in [-0.25, -0.2) is 4.98 Å². The number of aryl methyl sites for hydroxylation is 1. The van der Waals surface area contributed by atoms with Crippen molar-refractivity contribution in [1.29, 1.82) is 0 Å². The van der Waals surface area contributed by atoms with E-state index in [0.717, 1.165) is 31.3 Å². The number of nitrogens with zero attached hydrogens (tertiary/aromatic N) is 4. The van der Waals surface area contributed by atoms with Crippen LogP contribution in [0.4, 0.5) is 0 Å². The quantitative estimate of drug-likeness (QED) is 0.274. The molecule has 0 aliphatic carbocycles. The summed E-state index contributed by atoms with van der Waals surface area (Å²) in [6.45, 7) is 6.49. The van der Waals surface area contributed by atoms with Gasteiger partial charge in [-0.3, -0.25) is 10.1 Å². The van der Waals surface area contributed by atoms with Crippen LogP contribution in [-0.4, -0.2) is 46.2 Å². The van der Waals surface area contributed by atoms with Gasteiger partial charge in [0, 0.05) is 33.1 Å². The molecule has 0 saturated carbocycles. The van der Waals surface area contributed by atoms with E-state index in [1.807, 2.05) is 12.1 Å². The number of furan rings is 1. The molecule has 156 valence electrons. The van der Waals surface area contributed by atoms with Gasteiger partial charge < -0.3 is 14.6 Å². The lowest BCUT2D eigenvalue weighted by atomic mass is 10.1. The number of nitrogens with one attached hydrogen (secondary N) is 2. The normalized spacial score (nSPS) is 11.2. The van der Waals surface area contributed by atoms with Crippen LogP contribution in [0.15, 0.2) is 52.1 Å². The molecular formula is C21H29IN6O. The maximum atomic E-state index is 5.32.